The number of aliphatic carboxylic acids is 1. The van der Waals surface area contributed by atoms with Crippen LogP contribution in [0.3, 0.4) is 0 Å². The first-order chi connectivity index (χ1) is 11.8. The van der Waals surface area contributed by atoms with E-state index in [1.165, 1.54) is 6.07 Å². The molecule has 7 nitrogen and oxygen atoms in total. The van der Waals surface area contributed by atoms with Crippen molar-refractivity contribution in [2.75, 3.05) is 0 Å². The molecule has 0 unspecified atom stereocenters. The van der Waals surface area contributed by atoms with Crippen LogP contribution in [0.15, 0.2) is 12.3 Å². The number of nitrogens with zero attached hydrogens (tertiary/aromatic N) is 5. The molecule has 0 saturated carbocycles. The number of fused-ring (bicyclic) bond motifs is 1. The molecule has 3 heterocycles. The Hall–Kier alpha value is -2.84. The van der Waals surface area contributed by atoms with Gasteiger partial charge in [-0.25, -0.2) is 18.4 Å². The highest BCUT2D eigenvalue weighted by Crippen LogP contribution is 2.33. The lowest BCUT2D eigenvalue weighted by Gasteiger charge is -2.08. The van der Waals surface area contributed by atoms with Crippen molar-refractivity contribution in [2.24, 2.45) is 0 Å². The smallest absolute Gasteiger partial charge is 0.325 e. The normalized spacial score (nSPS) is 11.6. The van der Waals surface area contributed by atoms with Crippen LogP contribution in [0.2, 0.25) is 0 Å². The molecular weight excluding hydrogens is 332 g/mol. The van der Waals surface area contributed by atoms with Crippen LogP contribution in [0.5, 0.6) is 0 Å². The van der Waals surface area contributed by atoms with Crippen LogP contribution in [0.4, 0.5) is 8.78 Å². The first kappa shape index (κ1) is 17.0. The zero-order valence-electron chi connectivity index (χ0n) is 14.0. The van der Waals surface area contributed by atoms with Crippen LogP contribution < -0.4 is 0 Å². The van der Waals surface area contributed by atoms with Gasteiger partial charge in [-0.05, 0) is 26.8 Å². The van der Waals surface area contributed by atoms with Crippen molar-refractivity contribution in [2.45, 2.75) is 40.3 Å². The standard InChI is InChI=1S/C16H17F2N5O2/c1-4-22-9(3)11(6-19-22)12-5-10(15(17)18)14-8(2)21-23(7-13(24)25)16(14)20-12/h5-6,15H,4,7H2,1-3H3,(H,24,25). The molecule has 1 N–H and O–H groups in total. The Kier molecular flexibility index (Phi) is 4.23. The molecule has 9 heteroatoms. The van der Waals surface area contributed by atoms with Crippen LogP contribution in [-0.4, -0.2) is 35.6 Å². The lowest BCUT2D eigenvalue weighted by molar-refractivity contribution is -0.137. The average Bonchev–Trinajstić information content (AvgIpc) is 3.06. The third-order valence-electron chi connectivity index (χ3n) is 4.11. The number of pyridine rings is 1. The topological polar surface area (TPSA) is 85.8 Å². The minimum absolute atomic E-state index is 0.136. The number of carboxylic acid groups (broad SMARTS) is 1. The molecule has 0 spiro atoms. The second-order valence-electron chi connectivity index (χ2n) is 5.69. The van der Waals surface area contributed by atoms with E-state index in [9.17, 15) is 13.6 Å². The van der Waals surface area contributed by atoms with E-state index in [4.69, 9.17) is 5.11 Å². The number of aryl methyl sites for hydroxylation is 2. The van der Waals surface area contributed by atoms with Gasteiger partial charge in [-0.1, -0.05) is 0 Å². The number of hydrogen-bond donors (Lipinski definition) is 1. The molecule has 3 aromatic rings. The number of alkyl halides is 2. The minimum Gasteiger partial charge on any atom is -0.480 e. The summed E-state index contributed by atoms with van der Waals surface area (Å²) in [5.41, 5.74) is 2.01. The first-order valence-corrected chi connectivity index (χ1v) is 7.74. The van der Waals surface area contributed by atoms with Crippen molar-refractivity contribution in [3.63, 3.8) is 0 Å². The highest BCUT2D eigenvalue weighted by Gasteiger charge is 2.23. The quantitative estimate of drug-likeness (QED) is 0.765. The van der Waals surface area contributed by atoms with Gasteiger partial charge in [0.1, 0.15) is 6.54 Å². The number of carbonyl (C=O) groups is 1. The first-order valence-electron chi connectivity index (χ1n) is 7.74. The largest absolute Gasteiger partial charge is 0.480 e. The Morgan fingerprint density at radius 2 is 2.04 bits per heavy atom. The predicted molar refractivity (Wildman–Crippen MR) is 86.5 cm³/mol. The third kappa shape index (κ3) is 2.86. The van der Waals surface area contributed by atoms with Crippen molar-refractivity contribution in [1.29, 1.82) is 0 Å². The fraction of sp³-hybridized carbons (Fsp3) is 0.375. The molecule has 0 aliphatic rings. The highest BCUT2D eigenvalue weighted by molar-refractivity contribution is 5.86. The Labute approximate surface area is 141 Å². The fourth-order valence-electron chi connectivity index (χ4n) is 2.95. The number of halogens is 2. The predicted octanol–water partition coefficient (Wildman–Crippen LogP) is 2.95. The number of aromatic nitrogens is 5. The monoisotopic (exact) mass is 349 g/mol. The molecule has 0 aliphatic heterocycles. The summed E-state index contributed by atoms with van der Waals surface area (Å²) in [6.45, 7) is 5.52. The molecule has 0 aliphatic carbocycles. The van der Waals surface area contributed by atoms with Gasteiger partial charge < -0.3 is 5.11 Å². The Morgan fingerprint density at radius 1 is 1.32 bits per heavy atom. The molecule has 0 amide bonds. The molecule has 0 fully saturated rings. The number of rotatable bonds is 5. The van der Waals surface area contributed by atoms with Crippen LogP contribution >= 0.6 is 0 Å². The van der Waals surface area contributed by atoms with Gasteiger partial charge in [-0.3, -0.25) is 9.48 Å². The summed E-state index contributed by atoms with van der Waals surface area (Å²) in [6, 6.07) is 1.33. The summed E-state index contributed by atoms with van der Waals surface area (Å²) in [5, 5.41) is 17.5. The Balaban J connectivity index is 2.30. The van der Waals surface area contributed by atoms with E-state index < -0.39 is 18.9 Å². The van der Waals surface area contributed by atoms with Gasteiger partial charge in [-0.2, -0.15) is 10.2 Å². The van der Waals surface area contributed by atoms with Gasteiger partial charge in [0.05, 0.1) is 23.0 Å². The van der Waals surface area contributed by atoms with Gasteiger partial charge in [-0.15, -0.1) is 0 Å². The summed E-state index contributed by atoms with van der Waals surface area (Å²) < 4.78 is 30.1. The highest BCUT2D eigenvalue weighted by atomic mass is 19.3. The zero-order valence-corrected chi connectivity index (χ0v) is 14.0. The second kappa shape index (κ2) is 6.23. The van der Waals surface area contributed by atoms with Gasteiger partial charge in [0.15, 0.2) is 5.65 Å². The fourth-order valence-corrected chi connectivity index (χ4v) is 2.95. The van der Waals surface area contributed by atoms with E-state index in [0.29, 0.717) is 23.5 Å². The molecular formula is C16H17F2N5O2. The summed E-state index contributed by atoms with van der Waals surface area (Å²) in [7, 11) is 0. The Morgan fingerprint density at radius 3 is 2.60 bits per heavy atom. The van der Waals surface area contributed by atoms with Gasteiger partial charge in [0, 0.05) is 23.4 Å². The summed E-state index contributed by atoms with van der Waals surface area (Å²) in [4.78, 5) is 15.5. The van der Waals surface area contributed by atoms with E-state index in [1.54, 1.807) is 17.8 Å². The zero-order chi connectivity index (χ0) is 18.3. The van der Waals surface area contributed by atoms with E-state index in [-0.39, 0.29) is 16.6 Å². The lowest BCUT2D eigenvalue weighted by atomic mass is 10.1. The molecule has 25 heavy (non-hydrogen) atoms. The molecule has 0 saturated heterocycles. The van der Waals surface area contributed by atoms with Crippen molar-refractivity contribution in [1.82, 2.24) is 24.5 Å². The maximum absolute atomic E-state index is 13.6. The molecule has 3 rings (SSSR count). The number of hydrogen-bond acceptors (Lipinski definition) is 4. The summed E-state index contributed by atoms with van der Waals surface area (Å²) in [5.74, 6) is -1.12. The van der Waals surface area contributed by atoms with Crippen molar-refractivity contribution < 1.29 is 18.7 Å². The molecule has 0 radical (unpaired) electrons. The second-order valence-corrected chi connectivity index (χ2v) is 5.69. The molecule has 0 atom stereocenters. The molecule has 0 aromatic carbocycles. The average molecular weight is 349 g/mol. The van der Waals surface area contributed by atoms with Gasteiger partial charge >= 0.3 is 5.97 Å². The molecule has 0 bridgehead atoms. The van der Waals surface area contributed by atoms with Crippen molar-refractivity contribution in [3.05, 3.63) is 29.2 Å². The van der Waals surface area contributed by atoms with Crippen LogP contribution in [0.1, 0.15) is 30.3 Å². The van der Waals surface area contributed by atoms with E-state index >= 15 is 0 Å². The van der Waals surface area contributed by atoms with Gasteiger partial charge in [0.2, 0.25) is 0 Å². The van der Waals surface area contributed by atoms with E-state index in [1.807, 2.05) is 13.8 Å². The molecule has 3 aromatic heterocycles. The third-order valence-corrected chi connectivity index (χ3v) is 4.11. The van der Waals surface area contributed by atoms with E-state index in [0.717, 1.165) is 10.4 Å². The van der Waals surface area contributed by atoms with Crippen LogP contribution in [0, 0.1) is 13.8 Å². The van der Waals surface area contributed by atoms with Crippen molar-refractivity contribution in [3.8, 4) is 11.3 Å². The van der Waals surface area contributed by atoms with Crippen LogP contribution in [-0.2, 0) is 17.9 Å². The Bertz CT molecular complexity index is 961. The van der Waals surface area contributed by atoms with Crippen LogP contribution in [0.25, 0.3) is 22.3 Å². The maximum atomic E-state index is 13.6. The SMILES string of the molecule is CCn1ncc(-c2cc(C(F)F)c3c(C)nn(CC(=O)O)c3n2)c1C. The maximum Gasteiger partial charge on any atom is 0.325 e. The summed E-state index contributed by atoms with van der Waals surface area (Å²) in [6.07, 6.45) is -1.15. The van der Waals surface area contributed by atoms with Gasteiger partial charge in [0.25, 0.3) is 6.43 Å². The van der Waals surface area contributed by atoms with E-state index in [2.05, 4.69) is 15.2 Å². The lowest BCUT2D eigenvalue weighted by Crippen LogP contribution is -2.11. The van der Waals surface area contributed by atoms with Crippen molar-refractivity contribution >= 4 is 17.0 Å². The number of carboxylic acids is 1. The molecule has 132 valence electrons. The minimum atomic E-state index is -2.73. The summed E-state index contributed by atoms with van der Waals surface area (Å²) >= 11 is 0.